The van der Waals surface area contributed by atoms with E-state index in [0.717, 1.165) is 42.8 Å². The lowest BCUT2D eigenvalue weighted by molar-refractivity contribution is -0.129. The molecule has 174 valence electrons. The molecule has 1 aromatic carbocycles. The summed E-state index contributed by atoms with van der Waals surface area (Å²) in [5, 5.41) is 11.6. The minimum absolute atomic E-state index is 0.0656. The van der Waals surface area contributed by atoms with E-state index in [2.05, 4.69) is 46.0 Å². The van der Waals surface area contributed by atoms with Gasteiger partial charge >= 0.3 is 0 Å². The molecular weight excluding hydrogens is 453 g/mol. The molecule has 5 rings (SSSR count). The molecule has 0 aromatic heterocycles. The lowest BCUT2D eigenvalue weighted by Crippen LogP contribution is -2.53. The van der Waals surface area contributed by atoms with E-state index in [-0.39, 0.29) is 32.7 Å². The number of aliphatic hydroxyl groups excluding tert-OH is 1. The van der Waals surface area contributed by atoms with Gasteiger partial charge in [-0.2, -0.15) is 0 Å². The SMILES string of the molecule is CC(C)(C)[Si](C)(C)O[C@H]1[C@H]2C(=C(O)c3ccccc3C23SCCS3)C(=O)C12CCCCC2. The van der Waals surface area contributed by atoms with Gasteiger partial charge < -0.3 is 9.53 Å². The fraction of sp³-hybridized carbons (Fsp3) is 0.654. The molecule has 0 radical (unpaired) electrons. The highest BCUT2D eigenvalue weighted by Crippen LogP contribution is 2.70. The van der Waals surface area contributed by atoms with E-state index in [0.29, 0.717) is 5.57 Å². The van der Waals surface area contributed by atoms with Gasteiger partial charge in [0.15, 0.2) is 14.1 Å². The zero-order valence-electron chi connectivity index (χ0n) is 20.0. The minimum Gasteiger partial charge on any atom is -0.507 e. The monoisotopic (exact) mass is 488 g/mol. The molecule has 3 fully saturated rings. The Bertz CT molecular complexity index is 966. The Labute approximate surface area is 202 Å². The zero-order valence-corrected chi connectivity index (χ0v) is 22.6. The van der Waals surface area contributed by atoms with Gasteiger partial charge in [-0.3, -0.25) is 4.79 Å². The number of rotatable bonds is 2. The highest BCUT2D eigenvalue weighted by atomic mass is 32.2. The van der Waals surface area contributed by atoms with Crippen LogP contribution in [0.4, 0.5) is 0 Å². The predicted molar refractivity (Wildman–Crippen MR) is 139 cm³/mol. The molecule has 0 amide bonds. The molecule has 6 heteroatoms. The normalized spacial score (nSPS) is 29.0. The Morgan fingerprint density at radius 2 is 1.69 bits per heavy atom. The second-order valence-electron chi connectivity index (χ2n) is 11.5. The third-order valence-corrected chi connectivity index (χ3v) is 16.8. The highest BCUT2D eigenvalue weighted by Gasteiger charge is 2.68. The van der Waals surface area contributed by atoms with Crippen molar-refractivity contribution in [1.29, 1.82) is 0 Å². The first kappa shape index (κ1) is 23.1. The molecule has 3 nitrogen and oxygen atoms in total. The second kappa shape index (κ2) is 7.66. The van der Waals surface area contributed by atoms with Crippen molar-refractivity contribution >= 4 is 43.4 Å². The number of hydrogen-bond acceptors (Lipinski definition) is 5. The number of thioether (sulfide) groups is 2. The van der Waals surface area contributed by atoms with E-state index in [9.17, 15) is 9.90 Å². The van der Waals surface area contributed by atoms with Crippen molar-refractivity contribution in [2.45, 2.75) is 81.2 Å². The van der Waals surface area contributed by atoms with Gasteiger partial charge in [-0.15, -0.1) is 23.5 Å². The first-order valence-electron chi connectivity index (χ1n) is 12.1. The number of aliphatic hydroxyl groups is 1. The summed E-state index contributed by atoms with van der Waals surface area (Å²) in [5.74, 6) is 2.45. The van der Waals surface area contributed by atoms with Crippen LogP contribution in [0, 0.1) is 11.3 Å². The molecule has 1 saturated heterocycles. The van der Waals surface area contributed by atoms with E-state index in [1.807, 2.05) is 35.7 Å². The van der Waals surface area contributed by atoms with Crippen molar-refractivity contribution in [2.75, 3.05) is 11.5 Å². The maximum Gasteiger partial charge on any atom is 0.192 e. The fourth-order valence-corrected chi connectivity index (χ4v) is 11.1. The van der Waals surface area contributed by atoms with E-state index < -0.39 is 13.7 Å². The van der Waals surface area contributed by atoms with Crippen LogP contribution in [0.3, 0.4) is 0 Å². The van der Waals surface area contributed by atoms with Gasteiger partial charge in [-0.05, 0) is 36.5 Å². The van der Waals surface area contributed by atoms with Crippen molar-refractivity contribution < 1.29 is 14.3 Å². The Kier molecular flexibility index (Phi) is 5.52. The zero-order chi connectivity index (χ0) is 22.9. The first-order chi connectivity index (χ1) is 15.1. The van der Waals surface area contributed by atoms with Crippen molar-refractivity contribution in [2.24, 2.45) is 11.3 Å². The molecule has 3 aliphatic carbocycles. The van der Waals surface area contributed by atoms with Crippen LogP contribution in [-0.4, -0.2) is 36.8 Å². The lowest BCUT2D eigenvalue weighted by atomic mass is 9.70. The lowest BCUT2D eigenvalue weighted by Gasteiger charge is -2.49. The van der Waals surface area contributed by atoms with Crippen LogP contribution < -0.4 is 0 Å². The van der Waals surface area contributed by atoms with Crippen LogP contribution in [0.5, 0.6) is 0 Å². The Hall–Kier alpha value is -0.693. The number of ketones is 1. The van der Waals surface area contributed by atoms with Crippen LogP contribution in [0.15, 0.2) is 29.8 Å². The summed E-state index contributed by atoms with van der Waals surface area (Å²) in [6.07, 6.45) is 4.96. The molecule has 2 saturated carbocycles. The van der Waals surface area contributed by atoms with Crippen LogP contribution in [-0.2, 0) is 13.3 Å². The standard InChI is InChI=1S/C26H36O3S2Si/c1-24(2,3)32(4,5)29-23-20-19(22(28)25(23)13-9-6-10-14-25)21(27)17-11-7-8-12-18(17)26(20)30-15-16-31-26/h7-8,11-12,20,23,27H,6,9-10,13-16H2,1-5H3/t20-,23+/m1/s1. The molecule has 1 aromatic rings. The van der Waals surface area contributed by atoms with Crippen molar-refractivity contribution in [3.05, 3.63) is 41.0 Å². The van der Waals surface area contributed by atoms with Crippen LogP contribution >= 0.6 is 23.5 Å². The first-order valence-corrected chi connectivity index (χ1v) is 17.0. The summed E-state index contributed by atoms with van der Waals surface area (Å²) < 4.78 is 7.04. The van der Waals surface area contributed by atoms with E-state index in [1.54, 1.807) is 0 Å². The summed E-state index contributed by atoms with van der Waals surface area (Å²) in [7, 11) is -2.14. The van der Waals surface area contributed by atoms with Gasteiger partial charge in [0.05, 0.1) is 15.6 Å². The Morgan fingerprint density at radius 3 is 2.31 bits per heavy atom. The van der Waals surface area contributed by atoms with Gasteiger partial charge in [0.2, 0.25) is 0 Å². The Balaban J connectivity index is 1.75. The highest BCUT2D eigenvalue weighted by molar-refractivity contribution is 8.20. The number of fused-ring (bicyclic) bond motifs is 4. The fourth-order valence-electron chi connectivity index (χ4n) is 6.09. The molecule has 0 unspecified atom stereocenters. The van der Waals surface area contributed by atoms with E-state index >= 15 is 0 Å². The van der Waals surface area contributed by atoms with Crippen molar-refractivity contribution in [1.82, 2.24) is 0 Å². The molecule has 1 aliphatic heterocycles. The molecule has 1 N–H and O–H groups in total. The number of hydrogen-bond donors (Lipinski definition) is 1. The van der Waals surface area contributed by atoms with E-state index in [1.165, 1.54) is 12.0 Å². The maximum absolute atomic E-state index is 14.3. The van der Waals surface area contributed by atoms with Crippen LogP contribution in [0.1, 0.15) is 64.0 Å². The second-order valence-corrected chi connectivity index (χ2v) is 19.2. The largest absolute Gasteiger partial charge is 0.507 e. The van der Waals surface area contributed by atoms with Crippen molar-refractivity contribution in [3.63, 3.8) is 0 Å². The maximum atomic E-state index is 14.3. The van der Waals surface area contributed by atoms with E-state index in [4.69, 9.17) is 4.43 Å². The minimum atomic E-state index is -2.14. The molecule has 2 spiro atoms. The molecule has 32 heavy (non-hydrogen) atoms. The molecular formula is C26H36O3S2Si. The summed E-state index contributed by atoms with van der Waals surface area (Å²) in [6, 6.07) is 8.23. The summed E-state index contributed by atoms with van der Waals surface area (Å²) in [6.45, 7) is 11.5. The van der Waals surface area contributed by atoms with Crippen LogP contribution in [0.2, 0.25) is 18.1 Å². The number of carbonyl (C=O) groups excluding carboxylic acids is 1. The summed E-state index contributed by atoms with van der Waals surface area (Å²) >= 11 is 3.95. The third kappa shape index (κ3) is 3.08. The summed E-state index contributed by atoms with van der Waals surface area (Å²) in [4.78, 5) is 14.3. The van der Waals surface area contributed by atoms with Gasteiger partial charge in [0, 0.05) is 28.6 Å². The molecule has 2 atom stereocenters. The average Bonchev–Trinajstić information content (AvgIpc) is 3.31. The number of Topliss-reactive ketones (excluding diaryl/α,β-unsaturated/α-hetero) is 1. The number of carbonyl (C=O) groups is 1. The number of benzene rings is 1. The quantitative estimate of drug-likeness (QED) is 0.448. The van der Waals surface area contributed by atoms with Crippen molar-refractivity contribution in [3.8, 4) is 0 Å². The van der Waals surface area contributed by atoms with Gasteiger partial charge in [0.25, 0.3) is 0 Å². The third-order valence-electron chi connectivity index (χ3n) is 8.77. The molecule has 0 bridgehead atoms. The Morgan fingerprint density at radius 1 is 1.06 bits per heavy atom. The predicted octanol–water partition coefficient (Wildman–Crippen LogP) is 7.14. The van der Waals surface area contributed by atoms with Gasteiger partial charge in [-0.25, -0.2) is 0 Å². The average molecular weight is 489 g/mol. The summed E-state index contributed by atoms with van der Waals surface area (Å²) in [5.41, 5.74) is 2.23. The van der Waals surface area contributed by atoms with Gasteiger partial charge in [0.1, 0.15) is 5.76 Å². The molecule has 1 heterocycles. The van der Waals surface area contributed by atoms with Crippen LogP contribution in [0.25, 0.3) is 5.76 Å². The molecule has 4 aliphatic rings. The smallest absolute Gasteiger partial charge is 0.192 e. The van der Waals surface area contributed by atoms with Gasteiger partial charge in [-0.1, -0.05) is 64.3 Å². The topological polar surface area (TPSA) is 46.5 Å².